The van der Waals surface area contributed by atoms with Crippen molar-refractivity contribution >= 4 is 23.3 Å². The molecule has 6 heteroatoms. The van der Waals surface area contributed by atoms with Crippen LogP contribution in [-0.2, 0) is 0 Å². The summed E-state index contributed by atoms with van der Waals surface area (Å²) in [5.41, 5.74) is 2.39. The van der Waals surface area contributed by atoms with Gasteiger partial charge >= 0.3 is 6.03 Å². The molecule has 29 heavy (non-hydrogen) atoms. The van der Waals surface area contributed by atoms with Crippen LogP contribution in [0.25, 0.3) is 0 Å². The Morgan fingerprint density at radius 1 is 0.862 bits per heavy atom. The molecule has 0 aromatic heterocycles. The number of amides is 3. The van der Waals surface area contributed by atoms with Gasteiger partial charge in [-0.1, -0.05) is 48.5 Å². The summed E-state index contributed by atoms with van der Waals surface area (Å²) in [5, 5.41) is 8.44. The van der Waals surface area contributed by atoms with Crippen LogP contribution >= 0.6 is 0 Å². The number of carbonyl (C=O) groups excluding carboxylic acids is 2. The fourth-order valence-electron chi connectivity index (χ4n) is 2.88. The average Bonchev–Trinajstić information content (AvgIpc) is 2.74. The molecule has 0 aliphatic carbocycles. The molecule has 0 spiro atoms. The van der Waals surface area contributed by atoms with Crippen molar-refractivity contribution < 1.29 is 14.3 Å². The Bertz CT molecular complexity index is 989. The van der Waals surface area contributed by atoms with E-state index >= 15 is 0 Å². The van der Waals surface area contributed by atoms with Crippen LogP contribution in [0.15, 0.2) is 78.9 Å². The Morgan fingerprint density at radius 2 is 1.59 bits per heavy atom. The van der Waals surface area contributed by atoms with Gasteiger partial charge in [-0.15, -0.1) is 0 Å². The van der Waals surface area contributed by atoms with E-state index in [4.69, 9.17) is 4.74 Å². The minimum Gasteiger partial charge on any atom is -0.497 e. The third kappa shape index (κ3) is 5.35. The average molecular weight is 389 g/mol. The van der Waals surface area contributed by atoms with E-state index in [1.807, 2.05) is 37.3 Å². The van der Waals surface area contributed by atoms with E-state index in [0.717, 1.165) is 5.56 Å². The maximum atomic E-state index is 12.8. The molecule has 3 rings (SSSR count). The summed E-state index contributed by atoms with van der Waals surface area (Å²) in [6.07, 6.45) is 0. The molecule has 0 radical (unpaired) electrons. The second-order valence-corrected chi connectivity index (χ2v) is 6.46. The van der Waals surface area contributed by atoms with Crippen molar-refractivity contribution in [1.82, 2.24) is 5.32 Å². The van der Waals surface area contributed by atoms with Crippen molar-refractivity contribution in [3.05, 3.63) is 90.0 Å². The van der Waals surface area contributed by atoms with Crippen LogP contribution < -0.4 is 20.7 Å². The fraction of sp³-hybridized carbons (Fsp3) is 0.130. The minimum atomic E-state index is -0.449. The molecule has 0 heterocycles. The van der Waals surface area contributed by atoms with Crippen molar-refractivity contribution in [2.45, 2.75) is 13.0 Å². The van der Waals surface area contributed by atoms with E-state index in [9.17, 15) is 9.59 Å². The molecule has 0 fully saturated rings. The second kappa shape index (κ2) is 9.41. The fourth-order valence-corrected chi connectivity index (χ4v) is 2.88. The minimum absolute atomic E-state index is 0.164. The Labute approximate surface area is 169 Å². The summed E-state index contributed by atoms with van der Waals surface area (Å²) in [6.45, 7) is 1.92. The Balaban J connectivity index is 1.69. The molecule has 148 valence electrons. The van der Waals surface area contributed by atoms with Crippen LogP contribution in [0, 0.1) is 0 Å². The zero-order valence-corrected chi connectivity index (χ0v) is 16.3. The summed E-state index contributed by atoms with van der Waals surface area (Å²) in [4.78, 5) is 25.2. The van der Waals surface area contributed by atoms with Gasteiger partial charge in [-0.25, -0.2) is 4.79 Å². The molecule has 0 aliphatic rings. The van der Waals surface area contributed by atoms with Gasteiger partial charge in [0.2, 0.25) is 0 Å². The summed E-state index contributed by atoms with van der Waals surface area (Å²) in [5.74, 6) is 0.371. The molecule has 3 aromatic rings. The van der Waals surface area contributed by atoms with E-state index in [-0.39, 0.29) is 11.9 Å². The maximum absolute atomic E-state index is 12.8. The highest BCUT2D eigenvalue weighted by molar-refractivity contribution is 6.06. The van der Waals surface area contributed by atoms with Crippen molar-refractivity contribution in [3.63, 3.8) is 0 Å². The van der Waals surface area contributed by atoms with E-state index < -0.39 is 6.03 Å². The first-order valence-electron chi connectivity index (χ1n) is 9.23. The third-order valence-electron chi connectivity index (χ3n) is 4.39. The van der Waals surface area contributed by atoms with Gasteiger partial charge in [0.1, 0.15) is 5.75 Å². The Morgan fingerprint density at radius 3 is 2.34 bits per heavy atom. The number of para-hydroxylation sites is 1. The molecule has 0 saturated heterocycles. The number of nitrogens with one attached hydrogen (secondary N) is 3. The van der Waals surface area contributed by atoms with Gasteiger partial charge in [-0.05, 0) is 36.8 Å². The molecule has 3 amide bonds. The zero-order chi connectivity index (χ0) is 20.6. The van der Waals surface area contributed by atoms with Gasteiger partial charge in [-0.3, -0.25) is 4.79 Å². The first kappa shape index (κ1) is 19.9. The number of rotatable bonds is 6. The molecule has 1 unspecified atom stereocenters. The van der Waals surface area contributed by atoms with E-state index in [1.54, 1.807) is 55.6 Å². The lowest BCUT2D eigenvalue weighted by atomic mass is 10.1. The van der Waals surface area contributed by atoms with Crippen LogP contribution in [-0.4, -0.2) is 19.0 Å². The van der Waals surface area contributed by atoms with Crippen molar-refractivity contribution in [2.24, 2.45) is 0 Å². The molecular formula is C23H23N3O3. The molecule has 1 atom stereocenters. The zero-order valence-electron chi connectivity index (χ0n) is 16.3. The van der Waals surface area contributed by atoms with Crippen molar-refractivity contribution in [2.75, 3.05) is 17.7 Å². The van der Waals surface area contributed by atoms with Gasteiger partial charge in [-0.2, -0.15) is 0 Å². The second-order valence-electron chi connectivity index (χ2n) is 6.46. The monoisotopic (exact) mass is 389 g/mol. The topological polar surface area (TPSA) is 79.5 Å². The van der Waals surface area contributed by atoms with Crippen molar-refractivity contribution in [1.29, 1.82) is 0 Å². The predicted octanol–water partition coefficient (Wildman–Crippen LogP) is 4.83. The molecular weight excluding hydrogens is 366 g/mol. The van der Waals surface area contributed by atoms with Gasteiger partial charge in [0.05, 0.1) is 24.4 Å². The lowest BCUT2D eigenvalue weighted by Crippen LogP contribution is -2.28. The van der Waals surface area contributed by atoms with Crippen LogP contribution in [0.2, 0.25) is 0 Å². The lowest BCUT2D eigenvalue weighted by molar-refractivity contribution is 0.0941. The highest BCUT2D eigenvalue weighted by Gasteiger charge is 2.16. The number of methoxy groups -OCH3 is 1. The van der Waals surface area contributed by atoms with Crippen LogP contribution in [0.3, 0.4) is 0 Å². The largest absolute Gasteiger partial charge is 0.497 e. The molecule has 6 nitrogen and oxygen atoms in total. The molecule has 0 bridgehead atoms. The number of benzene rings is 3. The van der Waals surface area contributed by atoms with Crippen LogP contribution in [0.1, 0.15) is 28.9 Å². The third-order valence-corrected chi connectivity index (χ3v) is 4.39. The predicted molar refractivity (Wildman–Crippen MR) is 114 cm³/mol. The Hall–Kier alpha value is -3.80. The molecule has 3 aromatic carbocycles. The lowest BCUT2D eigenvalue weighted by Gasteiger charge is -2.16. The number of hydrogen-bond acceptors (Lipinski definition) is 3. The number of ether oxygens (including phenoxy) is 1. The molecule has 3 N–H and O–H groups in total. The maximum Gasteiger partial charge on any atom is 0.323 e. The smallest absolute Gasteiger partial charge is 0.323 e. The van der Waals surface area contributed by atoms with Gasteiger partial charge in [0, 0.05) is 11.8 Å². The van der Waals surface area contributed by atoms with Crippen LogP contribution in [0.5, 0.6) is 5.75 Å². The van der Waals surface area contributed by atoms with E-state index in [2.05, 4.69) is 16.0 Å². The van der Waals surface area contributed by atoms with Gasteiger partial charge in [0.25, 0.3) is 5.91 Å². The van der Waals surface area contributed by atoms with Gasteiger partial charge < -0.3 is 20.7 Å². The van der Waals surface area contributed by atoms with E-state index in [1.165, 1.54) is 0 Å². The molecule has 0 saturated carbocycles. The number of urea groups is 1. The van der Waals surface area contributed by atoms with Gasteiger partial charge in [0.15, 0.2) is 0 Å². The van der Waals surface area contributed by atoms with E-state index in [0.29, 0.717) is 22.7 Å². The number of carbonyl (C=O) groups is 2. The first-order valence-corrected chi connectivity index (χ1v) is 9.23. The normalized spacial score (nSPS) is 11.2. The Kier molecular flexibility index (Phi) is 6.47. The van der Waals surface area contributed by atoms with Crippen molar-refractivity contribution in [3.8, 4) is 5.75 Å². The summed E-state index contributed by atoms with van der Waals surface area (Å²) in [7, 11) is 1.56. The standard InChI is InChI=1S/C23H23N3O3/c1-16(17-9-4-3-5-10-17)24-22(27)20-13-6-7-14-21(20)26-23(28)25-18-11-8-12-19(15-18)29-2/h3-16H,1-2H3,(H,24,27)(H2,25,26,28). The number of hydrogen-bond donors (Lipinski definition) is 3. The quantitative estimate of drug-likeness (QED) is 0.565. The first-order chi connectivity index (χ1) is 14.1. The number of anilines is 2. The molecule has 0 aliphatic heterocycles. The summed E-state index contributed by atoms with van der Waals surface area (Å²) >= 11 is 0. The summed E-state index contributed by atoms with van der Waals surface area (Å²) < 4.78 is 5.15. The van der Waals surface area contributed by atoms with Crippen LogP contribution in [0.4, 0.5) is 16.2 Å². The summed E-state index contributed by atoms with van der Waals surface area (Å²) in [6, 6.07) is 23.0. The highest BCUT2D eigenvalue weighted by atomic mass is 16.5. The SMILES string of the molecule is COc1cccc(NC(=O)Nc2ccccc2C(=O)NC(C)c2ccccc2)c1. The highest BCUT2D eigenvalue weighted by Crippen LogP contribution is 2.20.